The van der Waals surface area contributed by atoms with Crippen LogP contribution in [0.2, 0.25) is 0 Å². The van der Waals surface area contributed by atoms with Gasteiger partial charge in [0.15, 0.2) is 6.61 Å². The number of hydrogen-bond donors (Lipinski definition) is 1. The van der Waals surface area contributed by atoms with E-state index in [2.05, 4.69) is 11.6 Å². The highest BCUT2D eigenvalue weighted by molar-refractivity contribution is 7.89. The molecule has 1 aliphatic carbocycles. The van der Waals surface area contributed by atoms with Crippen LogP contribution in [0, 0.1) is 17.2 Å². The third-order valence-corrected chi connectivity index (χ3v) is 6.45. The molecule has 0 saturated heterocycles. The van der Waals surface area contributed by atoms with E-state index in [1.165, 1.54) is 18.2 Å². The highest BCUT2D eigenvalue weighted by Gasteiger charge is 2.25. The molecule has 1 aromatic carbocycles. The Morgan fingerprint density at radius 2 is 1.89 bits per heavy atom. The van der Waals surface area contributed by atoms with Gasteiger partial charge in [-0.15, -0.1) is 0 Å². The van der Waals surface area contributed by atoms with E-state index in [-0.39, 0.29) is 22.4 Å². The van der Waals surface area contributed by atoms with E-state index < -0.39 is 29.1 Å². The van der Waals surface area contributed by atoms with Gasteiger partial charge < -0.3 is 9.64 Å². The van der Waals surface area contributed by atoms with E-state index in [0.717, 1.165) is 25.7 Å². The summed E-state index contributed by atoms with van der Waals surface area (Å²) in [4.78, 5) is 25.4. The average Bonchev–Trinajstić information content (AvgIpc) is 2.70. The normalized spacial score (nSPS) is 19.5. The monoisotopic (exact) mass is 407 g/mol. The maximum absolute atomic E-state index is 12.3. The lowest BCUT2D eigenvalue weighted by Gasteiger charge is -2.33. The first-order chi connectivity index (χ1) is 13.2. The summed E-state index contributed by atoms with van der Waals surface area (Å²) in [6, 6.07) is 7.60. The minimum absolute atomic E-state index is 0.0260. The van der Waals surface area contributed by atoms with Crippen LogP contribution in [0.25, 0.3) is 0 Å². The third-order valence-electron chi connectivity index (χ3n) is 4.99. The van der Waals surface area contributed by atoms with Gasteiger partial charge in [-0.3, -0.25) is 9.59 Å². The summed E-state index contributed by atoms with van der Waals surface area (Å²) in [5, 5.41) is 9.00. The quantitative estimate of drug-likeness (QED) is 0.683. The van der Waals surface area contributed by atoms with Gasteiger partial charge in [-0.05, 0) is 43.7 Å². The molecule has 0 spiro atoms. The molecule has 0 unspecified atom stereocenters. The molecule has 9 heteroatoms. The highest BCUT2D eigenvalue weighted by atomic mass is 32.2. The lowest BCUT2D eigenvalue weighted by atomic mass is 9.87. The van der Waals surface area contributed by atoms with Gasteiger partial charge in [-0.25, -0.2) is 8.42 Å². The molecular weight excluding hydrogens is 382 g/mol. The van der Waals surface area contributed by atoms with Gasteiger partial charge >= 0.3 is 5.97 Å². The van der Waals surface area contributed by atoms with Crippen molar-refractivity contribution in [2.75, 3.05) is 20.2 Å². The van der Waals surface area contributed by atoms with Gasteiger partial charge in [-0.1, -0.05) is 19.1 Å². The van der Waals surface area contributed by atoms with Crippen molar-refractivity contribution in [3.05, 3.63) is 29.8 Å². The number of nitriles is 1. The Kier molecular flexibility index (Phi) is 7.54. The molecule has 1 amide bonds. The van der Waals surface area contributed by atoms with Gasteiger partial charge in [-0.2, -0.15) is 9.98 Å². The topological polar surface area (TPSA) is 117 Å². The van der Waals surface area contributed by atoms with Gasteiger partial charge in [0.25, 0.3) is 5.91 Å². The summed E-state index contributed by atoms with van der Waals surface area (Å²) in [7, 11) is -2.35. The molecule has 0 aliphatic heterocycles. The summed E-state index contributed by atoms with van der Waals surface area (Å²) in [6.07, 6.45) is 3.98. The Labute approximate surface area is 165 Å². The van der Waals surface area contributed by atoms with Gasteiger partial charge in [0.2, 0.25) is 10.0 Å². The van der Waals surface area contributed by atoms with Crippen LogP contribution >= 0.6 is 0 Å². The standard InChI is InChI=1S/C19H25N3O5S/c1-14-7-9-16(10-8-14)22(2)18(23)13-27-19(24)12-21-28(25,26)17-6-4-3-5-15(17)11-20/h3-6,14,16,21H,7-10,12-13H2,1-2H3. The Morgan fingerprint density at radius 3 is 2.54 bits per heavy atom. The van der Waals surface area contributed by atoms with E-state index >= 15 is 0 Å². The number of sulfonamides is 1. The van der Waals surface area contributed by atoms with Crippen molar-refractivity contribution in [1.82, 2.24) is 9.62 Å². The van der Waals surface area contributed by atoms with Crippen molar-refractivity contribution in [3.63, 3.8) is 0 Å². The number of amides is 1. The van der Waals surface area contributed by atoms with Crippen LogP contribution in [0.1, 0.15) is 38.2 Å². The van der Waals surface area contributed by atoms with Gasteiger partial charge in [0.05, 0.1) is 10.5 Å². The van der Waals surface area contributed by atoms with Gasteiger partial charge in [0.1, 0.15) is 12.6 Å². The third kappa shape index (κ3) is 5.78. The van der Waals surface area contributed by atoms with Crippen molar-refractivity contribution in [3.8, 4) is 6.07 Å². The number of benzene rings is 1. The number of carbonyl (C=O) groups is 2. The van der Waals surface area contributed by atoms with E-state index in [9.17, 15) is 18.0 Å². The van der Waals surface area contributed by atoms with Crippen molar-refractivity contribution < 1.29 is 22.7 Å². The first-order valence-corrected chi connectivity index (χ1v) is 10.6. The molecule has 152 valence electrons. The van der Waals surface area contributed by atoms with Crippen molar-refractivity contribution in [1.29, 1.82) is 5.26 Å². The molecule has 1 aliphatic rings. The summed E-state index contributed by atoms with van der Waals surface area (Å²) >= 11 is 0. The smallest absolute Gasteiger partial charge is 0.321 e. The number of nitrogens with one attached hydrogen (secondary N) is 1. The molecule has 8 nitrogen and oxygen atoms in total. The summed E-state index contributed by atoms with van der Waals surface area (Å²) < 4.78 is 31.5. The number of likely N-dealkylation sites (N-methyl/N-ethyl adjacent to an activating group) is 1. The van der Waals surface area contributed by atoms with Crippen LogP contribution in [-0.2, 0) is 24.3 Å². The number of nitrogens with zero attached hydrogens (tertiary/aromatic N) is 2. The van der Waals surface area contributed by atoms with E-state index in [1.807, 2.05) is 0 Å². The molecule has 0 aromatic heterocycles. The predicted molar refractivity (Wildman–Crippen MR) is 101 cm³/mol. The largest absolute Gasteiger partial charge is 0.455 e. The zero-order valence-corrected chi connectivity index (χ0v) is 16.9. The van der Waals surface area contributed by atoms with Crippen LogP contribution in [0.5, 0.6) is 0 Å². The molecule has 0 bridgehead atoms. The Hall–Kier alpha value is -2.44. The Bertz CT molecular complexity index is 855. The van der Waals surface area contributed by atoms with Crippen molar-refractivity contribution >= 4 is 21.9 Å². The molecular formula is C19H25N3O5S. The Morgan fingerprint density at radius 1 is 1.25 bits per heavy atom. The predicted octanol–water partition coefficient (Wildman–Crippen LogP) is 1.42. The summed E-state index contributed by atoms with van der Waals surface area (Å²) in [5.74, 6) is -0.514. The number of rotatable bonds is 7. The van der Waals surface area contributed by atoms with Crippen molar-refractivity contribution in [2.45, 2.75) is 43.5 Å². The van der Waals surface area contributed by atoms with Crippen LogP contribution < -0.4 is 4.72 Å². The molecule has 1 aromatic rings. The van der Waals surface area contributed by atoms with Crippen LogP contribution in [-0.4, -0.2) is 51.4 Å². The number of carbonyl (C=O) groups excluding carboxylic acids is 2. The molecule has 28 heavy (non-hydrogen) atoms. The maximum Gasteiger partial charge on any atom is 0.321 e. The van der Waals surface area contributed by atoms with E-state index in [4.69, 9.17) is 10.00 Å². The zero-order chi connectivity index (χ0) is 20.7. The minimum atomic E-state index is -4.04. The number of ether oxygens (including phenoxy) is 1. The molecule has 1 N–H and O–H groups in total. The summed E-state index contributed by atoms with van der Waals surface area (Å²) in [5.41, 5.74) is -0.0260. The second-order valence-corrected chi connectivity index (χ2v) is 8.75. The average molecular weight is 407 g/mol. The first kappa shape index (κ1) is 21.9. The Balaban J connectivity index is 1.82. The molecule has 1 saturated carbocycles. The minimum Gasteiger partial charge on any atom is -0.455 e. The molecule has 0 atom stereocenters. The van der Waals surface area contributed by atoms with Crippen LogP contribution in [0.15, 0.2) is 29.2 Å². The van der Waals surface area contributed by atoms with Gasteiger partial charge in [0, 0.05) is 13.1 Å². The SMILES string of the molecule is CC1CCC(N(C)C(=O)COC(=O)CNS(=O)(=O)c2ccccc2C#N)CC1. The molecule has 2 rings (SSSR count). The molecule has 0 radical (unpaired) electrons. The van der Waals surface area contributed by atoms with Crippen LogP contribution in [0.4, 0.5) is 0 Å². The maximum atomic E-state index is 12.3. The van der Waals surface area contributed by atoms with Crippen LogP contribution in [0.3, 0.4) is 0 Å². The summed E-state index contributed by atoms with van der Waals surface area (Å²) in [6.45, 7) is 1.13. The molecule has 0 heterocycles. The fourth-order valence-electron chi connectivity index (χ4n) is 3.15. The van der Waals surface area contributed by atoms with Crippen molar-refractivity contribution in [2.24, 2.45) is 5.92 Å². The fraction of sp³-hybridized carbons (Fsp3) is 0.526. The first-order valence-electron chi connectivity index (χ1n) is 9.14. The number of hydrogen-bond acceptors (Lipinski definition) is 6. The van der Waals surface area contributed by atoms with E-state index in [0.29, 0.717) is 5.92 Å². The lowest BCUT2D eigenvalue weighted by Crippen LogP contribution is -2.42. The second-order valence-electron chi connectivity index (χ2n) is 7.01. The number of esters is 1. The lowest BCUT2D eigenvalue weighted by molar-refractivity contribution is -0.151. The fourth-order valence-corrected chi connectivity index (χ4v) is 4.28. The highest BCUT2D eigenvalue weighted by Crippen LogP contribution is 2.26. The zero-order valence-electron chi connectivity index (χ0n) is 16.1. The molecule has 1 fully saturated rings. The van der Waals surface area contributed by atoms with E-state index in [1.54, 1.807) is 24.1 Å². The second kappa shape index (κ2) is 9.66.